The van der Waals surface area contributed by atoms with E-state index < -0.39 is 0 Å². The number of halogens is 2. The first kappa shape index (κ1) is 14.8. The molecule has 1 aromatic rings. The van der Waals surface area contributed by atoms with Crippen LogP contribution in [0.15, 0.2) is 22.7 Å². The Balaban J connectivity index is 2.10. The summed E-state index contributed by atoms with van der Waals surface area (Å²) in [6.07, 6.45) is 3.19. The molecule has 0 bridgehead atoms. The van der Waals surface area contributed by atoms with E-state index in [4.69, 9.17) is 11.6 Å². The van der Waals surface area contributed by atoms with Crippen LogP contribution in [0.3, 0.4) is 0 Å². The van der Waals surface area contributed by atoms with E-state index in [-0.39, 0.29) is 5.91 Å². The summed E-state index contributed by atoms with van der Waals surface area (Å²) in [5.41, 5.74) is 0.677. The van der Waals surface area contributed by atoms with Crippen LogP contribution in [-0.2, 0) is 0 Å². The Morgan fingerprint density at radius 2 is 2.21 bits per heavy atom. The van der Waals surface area contributed by atoms with E-state index in [1.54, 1.807) is 18.2 Å². The maximum Gasteiger partial charge on any atom is 0.253 e. The zero-order chi connectivity index (χ0) is 13.8. The summed E-state index contributed by atoms with van der Waals surface area (Å²) < 4.78 is 0.760. The fraction of sp³-hybridized carbons (Fsp3) is 0.500. The summed E-state index contributed by atoms with van der Waals surface area (Å²) in [5, 5.41) is 3.99. The van der Waals surface area contributed by atoms with E-state index in [9.17, 15) is 4.79 Å². The molecule has 1 unspecified atom stereocenters. The van der Waals surface area contributed by atoms with Crippen molar-refractivity contribution < 1.29 is 4.79 Å². The van der Waals surface area contributed by atoms with Gasteiger partial charge >= 0.3 is 0 Å². The highest BCUT2D eigenvalue weighted by molar-refractivity contribution is 9.10. The van der Waals surface area contributed by atoms with E-state index in [1.807, 2.05) is 11.9 Å². The Labute approximate surface area is 127 Å². The number of nitrogens with one attached hydrogen (secondary N) is 1. The molecule has 1 heterocycles. The van der Waals surface area contributed by atoms with Gasteiger partial charge in [0.05, 0.1) is 5.02 Å². The van der Waals surface area contributed by atoms with E-state index >= 15 is 0 Å². The molecule has 1 fully saturated rings. The summed E-state index contributed by atoms with van der Waals surface area (Å²) in [6.45, 7) is 2.03. The van der Waals surface area contributed by atoms with Crippen LogP contribution >= 0.6 is 27.5 Å². The van der Waals surface area contributed by atoms with Crippen molar-refractivity contribution in [3.05, 3.63) is 33.3 Å². The standard InChI is InChI=1S/C14H18BrClN2O/c1-18(11-3-2-7-17-8-6-11)14(19)10-4-5-13(16)12(15)9-10/h4-5,9,11,17H,2-3,6-8H2,1H3. The van der Waals surface area contributed by atoms with Gasteiger partial charge in [0.15, 0.2) is 0 Å². The van der Waals surface area contributed by atoms with Crippen molar-refractivity contribution in [3.63, 3.8) is 0 Å². The topological polar surface area (TPSA) is 32.3 Å². The molecule has 104 valence electrons. The molecule has 1 atom stereocenters. The molecule has 1 N–H and O–H groups in total. The molecule has 3 nitrogen and oxygen atoms in total. The van der Waals surface area contributed by atoms with Crippen molar-refractivity contribution in [3.8, 4) is 0 Å². The Bertz CT molecular complexity index is 459. The second kappa shape index (κ2) is 6.73. The molecule has 19 heavy (non-hydrogen) atoms. The van der Waals surface area contributed by atoms with Crippen molar-refractivity contribution in [1.82, 2.24) is 10.2 Å². The minimum absolute atomic E-state index is 0.0595. The smallest absolute Gasteiger partial charge is 0.253 e. The molecular formula is C14H18BrClN2O. The minimum atomic E-state index is 0.0595. The van der Waals surface area contributed by atoms with Gasteiger partial charge in [-0.05, 0) is 66.5 Å². The first-order chi connectivity index (χ1) is 9.09. The molecule has 1 aliphatic rings. The number of carbonyl (C=O) groups is 1. The van der Waals surface area contributed by atoms with Crippen LogP contribution in [-0.4, -0.2) is 37.0 Å². The summed E-state index contributed by atoms with van der Waals surface area (Å²) in [7, 11) is 1.89. The minimum Gasteiger partial charge on any atom is -0.339 e. The van der Waals surface area contributed by atoms with E-state index in [0.717, 1.165) is 36.8 Å². The number of rotatable bonds is 2. The molecule has 1 aliphatic heterocycles. The third-order valence-electron chi connectivity index (χ3n) is 3.58. The van der Waals surface area contributed by atoms with Gasteiger partial charge in [-0.15, -0.1) is 0 Å². The normalized spacial score (nSPS) is 19.8. The number of nitrogens with zero attached hydrogens (tertiary/aromatic N) is 1. The molecule has 0 aromatic heterocycles. The van der Waals surface area contributed by atoms with Crippen molar-refractivity contribution in [2.75, 3.05) is 20.1 Å². The average Bonchev–Trinajstić information content (AvgIpc) is 2.69. The third-order valence-corrected chi connectivity index (χ3v) is 4.79. The monoisotopic (exact) mass is 344 g/mol. The van der Waals surface area contributed by atoms with Gasteiger partial charge in [-0.2, -0.15) is 0 Å². The molecule has 0 saturated carbocycles. The Hall–Kier alpha value is -0.580. The zero-order valence-corrected chi connectivity index (χ0v) is 13.3. The van der Waals surface area contributed by atoms with Crippen molar-refractivity contribution >= 4 is 33.4 Å². The van der Waals surface area contributed by atoms with Gasteiger partial charge in [-0.1, -0.05) is 11.6 Å². The highest BCUT2D eigenvalue weighted by Gasteiger charge is 2.22. The second-order valence-electron chi connectivity index (χ2n) is 4.88. The van der Waals surface area contributed by atoms with Gasteiger partial charge < -0.3 is 10.2 Å². The summed E-state index contributed by atoms with van der Waals surface area (Å²) in [5.74, 6) is 0.0595. The second-order valence-corrected chi connectivity index (χ2v) is 6.14. The van der Waals surface area contributed by atoms with Crippen LogP contribution in [0.2, 0.25) is 5.02 Å². The predicted octanol–water partition coefficient (Wildman–Crippen LogP) is 3.32. The maximum absolute atomic E-state index is 12.5. The van der Waals surface area contributed by atoms with Crippen LogP contribution in [0.5, 0.6) is 0 Å². The first-order valence-corrected chi connectivity index (χ1v) is 7.69. The van der Waals surface area contributed by atoms with Crippen molar-refractivity contribution in [2.24, 2.45) is 0 Å². The summed E-state index contributed by atoms with van der Waals surface area (Å²) in [4.78, 5) is 14.3. The molecular weight excluding hydrogens is 328 g/mol. The Morgan fingerprint density at radius 3 is 2.95 bits per heavy atom. The van der Waals surface area contributed by atoms with Crippen LogP contribution in [0.1, 0.15) is 29.6 Å². The Kier molecular flexibility index (Phi) is 5.25. The van der Waals surface area contributed by atoms with Crippen LogP contribution in [0.4, 0.5) is 0 Å². The van der Waals surface area contributed by atoms with E-state index in [1.165, 1.54) is 0 Å². The number of benzene rings is 1. The number of carbonyl (C=O) groups excluding carboxylic acids is 1. The molecule has 1 aromatic carbocycles. The van der Waals surface area contributed by atoms with Crippen LogP contribution in [0, 0.1) is 0 Å². The summed E-state index contributed by atoms with van der Waals surface area (Å²) >= 11 is 9.31. The SMILES string of the molecule is CN(C(=O)c1ccc(Cl)c(Br)c1)C1CCCNCC1. The third kappa shape index (κ3) is 3.71. The van der Waals surface area contributed by atoms with Gasteiger partial charge in [0.2, 0.25) is 0 Å². The van der Waals surface area contributed by atoms with Crippen LogP contribution < -0.4 is 5.32 Å². The Morgan fingerprint density at radius 1 is 1.42 bits per heavy atom. The van der Waals surface area contributed by atoms with Gasteiger partial charge in [0.25, 0.3) is 5.91 Å². The quantitative estimate of drug-likeness (QED) is 0.892. The lowest BCUT2D eigenvalue weighted by Gasteiger charge is -2.27. The van der Waals surface area contributed by atoms with E-state index in [2.05, 4.69) is 21.2 Å². The zero-order valence-electron chi connectivity index (χ0n) is 11.0. The highest BCUT2D eigenvalue weighted by Crippen LogP contribution is 2.24. The molecule has 1 amide bonds. The largest absolute Gasteiger partial charge is 0.339 e. The van der Waals surface area contributed by atoms with Gasteiger partial charge in [0.1, 0.15) is 0 Å². The maximum atomic E-state index is 12.5. The van der Waals surface area contributed by atoms with Gasteiger partial charge in [0, 0.05) is 23.1 Å². The number of amides is 1. The molecule has 0 spiro atoms. The number of hydrogen-bond acceptors (Lipinski definition) is 2. The summed E-state index contributed by atoms with van der Waals surface area (Å²) in [6, 6.07) is 5.63. The average molecular weight is 346 g/mol. The highest BCUT2D eigenvalue weighted by atomic mass is 79.9. The fourth-order valence-electron chi connectivity index (χ4n) is 2.39. The van der Waals surface area contributed by atoms with Crippen molar-refractivity contribution in [1.29, 1.82) is 0 Å². The lowest BCUT2D eigenvalue weighted by Crippen LogP contribution is -2.37. The molecule has 2 rings (SSSR count). The van der Waals surface area contributed by atoms with Gasteiger partial charge in [-0.25, -0.2) is 0 Å². The van der Waals surface area contributed by atoms with Crippen molar-refractivity contribution in [2.45, 2.75) is 25.3 Å². The fourth-order valence-corrected chi connectivity index (χ4v) is 2.88. The van der Waals surface area contributed by atoms with Crippen LogP contribution in [0.25, 0.3) is 0 Å². The molecule has 1 saturated heterocycles. The molecule has 0 aliphatic carbocycles. The first-order valence-electron chi connectivity index (χ1n) is 6.52. The molecule has 0 radical (unpaired) electrons. The predicted molar refractivity (Wildman–Crippen MR) is 81.8 cm³/mol. The molecule has 5 heteroatoms. The lowest BCUT2D eigenvalue weighted by atomic mass is 10.1. The van der Waals surface area contributed by atoms with Gasteiger partial charge in [-0.3, -0.25) is 4.79 Å². The number of hydrogen-bond donors (Lipinski definition) is 1. The van der Waals surface area contributed by atoms with E-state index in [0.29, 0.717) is 16.6 Å². The lowest BCUT2D eigenvalue weighted by molar-refractivity contribution is 0.0720.